The Hall–Kier alpha value is -2.62. The van der Waals surface area contributed by atoms with Crippen molar-refractivity contribution in [1.29, 1.82) is 0 Å². The van der Waals surface area contributed by atoms with Crippen molar-refractivity contribution in [3.63, 3.8) is 0 Å². The van der Waals surface area contributed by atoms with Crippen molar-refractivity contribution in [2.45, 2.75) is 6.04 Å². The van der Waals surface area contributed by atoms with Gasteiger partial charge < -0.3 is 4.90 Å². The van der Waals surface area contributed by atoms with Crippen molar-refractivity contribution < 1.29 is 4.90 Å². The van der Waals surface area contributed by atoms with E-state index in [9.17, 15) is 0 Å². The Morgan fingerprint density at radius 3 is 2.00 bits per heavy atom. The standard InChI is InChI=1S/C24H22ClN3/c25-19-11-9-18(10-12-19)17-26-28-15-13-27(14-16-28)24-22-7-3-1-5-20(22)21-6-2-4-8-23(21)24/h1-12,17,24H,13-16H2/p+1/b26-17+. The Balaban J connectivity index is 1.31. The number of benzene rings is 3. The number of hydrogen-bond donors (Lipinski definition) is 1. The zero-order valence-electron chi connectivity index (χ0n) is 15.7. The second kappa shape index (κ2) is 7.42. The lowest BCUT2D eigenvalue weighted by molar-refractivity contribution is -0.929. The first kappa shape index (κ1) is 17.5. The molecular weight excluding hydrogens is 366 g/mol. The van der Waals surface area contributed by atoms with Gasteiger partial charge in [0.2, 0.25) is 0 Å². The Bertz CT molecular complexity index is 959. The van der Waals surface area contributed by atoms with Crippen LogP contribution < -0.4 is 4.90 Å². The van der Waals surface area contributed by atoms with Gasteiger partial charge in [0.1, 0.15) is 6.04 Å². The molecule has 0 aromatic heterocycles. The third kappa shape index (κ3) is 3.21. The van der Waals surface area contributed by atoms with Crippen LogP contribution in [0.25, 0.3) is 11.1 Å². The second-order valence-corrected chi connectivity index (χ2v) is 7.95. The van der Waals surface area contributed by atoms with E-state index in [4.69, 9.17) is 11.6 Å². The van der Waals surface area contributed by atoms with Crippen LogP contribution in [0.5, 0.6) is 0 Å². The third-order valence-corrected chi connectivity index (χ3v) is 6.12. The molecule has 1 aliphatic heterocycles. The first-order chi connectivity index (χ1) is 13.8. The summed E-state index contributed by atoms with van der Waals surface area (Å²) in [5.41, 5.74) is 6.82. The monoisotopic (exact) mass is 388 g/mol. The number of piperazine rings is 1. The van der Waals surface area contributed by atoms with Gasteiger partial charge in [-0.2, -0.15) is 5.10 Å². The first-order valence-corrected chi connectivity index (χ1v) is 10.2. The minimum atomic E-state index is 0.440. The highest BCUT2D eigenvalue weighted by Crippen LogP contribution is 2.41. The van der Waals surface area contributed by atoms with Crippen molar-refractivity contribution >= 4 is 17.8 Å². The third-order valence-electron chi connectivity index (χ3n) is 5.86. The molecule has 0 spiro atoms. The molecule has 1 fully saturated rings. The van der Waals surface area contributed by atoms with E-state index in [2.05, 4.69) is 58.6 Å². The van der Waals surface area contributed by atoms with Gasteiger partial charge in [0.15, 0.2) is 0 Å². The average molecular weight is 389 g/mol. The van der Waals surface area contributed by atoms with Gasteiger partial charge in [0.25, 0.3) is 0 Å². The summed E-state index contributed by atoms with van der Waals surface area (Å²) in [4.78, 5) is 1.63. The second-order valence-electron chi connectivity index (χ2n) is 7.52. The molecule has 1 aliphatic carbocycles. The van der Waals surface area contributed by atoms with Gasteiger partial charge >= 0.3 is 0 Å². The molecule has 4 heteroatoms. The van der Waals surface area contributed by atoms with E-state index >= 15 is 0 Å². The summed E-state index contributed by atoms with van der Waals surface area (Å²) >= 11 is 5.95. The number of nitrogens with one attached hydrogen (secondary N) is 1. The summed E-state index contributed by atoms with van der Waals surface area (Å²) in [7, 11) is 0. The predicted octanol–water partition coefficient (Wildman–Crippen LogP) is 3.64. The SMILES string of the molecule is Clc1ccc(/C=N/N2CC[NH+](C3c4ccccc4-c4ccccc43)CC2)cc1. The molecular formula is C24H23ClN3+. The van der Waals surface area contributed by atoms with Gasteiger partial charge in [-0.15, -0.1) is 0 Å². The summed E-state index contributed by atoms with van der Waals surface area (Å²) in [6, 6.07) is 26.0. The minimum absolute atomic E-state index is 0.440. The molecule has 3 nitrogen and oxygen atoms in total. The highest BCUT2D eigenvalue weighted by molar-refractivity contribution is 6.30. The van der Waals surface area contributed by atoms with Crippen LogP contribution in [0.4, 0.5) is 0 Å². The van der Waals surface area contributed by atoms with Gasteiger partial charge in [-0.1, -0.05) is 72.3 Å². The smallest absolute Gasteiger partial charge is 0.140 e. The Morgan fingerprint density at radius 1 is 0.821 bits per heavy atom. The zero-order valence-corrected chi connectivity index (χ0v) is 16.4. The Kier molecular flexibility index (Phi) is 4.63. The maximum Gasteiger partial charge on any atom is 0.140 e. The predicted molar refractivity (Wildman–Crippen MR) is 115 cm³/mol. The number of hydrazone groups is 1. The molecule has 3 aromatic rings. The highest BCUT2D eigenvalue weighted by atomic mass is 35.5. The molecule has 140 valence electrons. The van der Waals surface area contributed by atoms with Crippen molar-refractivity contribution in [1.82, 2.24) is 5.01 Å². The molecule has 1 heterocycles. The van der Waals surface area contributed by atoms with Crippen molar-refractivity contribution in [2.24, 2.45) is 5.10 Å². The lowest BCUT2D eigenvalue weighted by Crippen LogP contribution is -3.14. The zero-order chi connectivity index (χ0) is 18.9. The molecule has 0 saturated carbocycles. The Labute approximate surface area is 170 Å². The Morgan fingerprint density at radius 2 is 1.39 bits per heavy atom. The number of rotatable bonds is 3. The summed E-state index contributed by atoms with van der Waals surface area (Å²) in [5, 5.41) is 7.63. The summed E-state index contributed by atoms with van der Waals surface area (Å²) in [6.07, 6.45) is 1.93. The molecule has 5 rings (SSSR count). The van der Waals surface area contributed by atoms with Crippen LogP contribution in [0.2, 0.25) is 5.02 Å². The minimum Gasteiger partial charge on any atom is -0.322 e. The molecule has 2 aliphatic rings. The average Bonchev–Trinajstić information content (AvgIpc) is 3.08. The number of fused-ring (bicyclic) bond motifs is 3. The van der Waals surface area contributed by atoms with Crippen LogP contribution in [0.3, 0.4) is 0 Å². The van der Waals surface area contributed by atoms with E-state index in [1.165, 1.54) is 22.3 Å². The van der Waals surface area contributed by atoms with E-state index in [1.54, 1.807) is 4.90 Å². The van der Waals surface area contributed by atoms with E-state index < -0.39 is 0 Å². The van der Waals surface area contributed by atoms with Crippen LogP contribution >= 0.6 is 11.6 Å². The van der Waals surface area contributed by atoms with Crippen LogP contribution in [-0.4, -0.2) is 37.4 Å². The van der Waals surface area contributed by atoms with E-state index in [0.717, 1.165) is 36.8 Å². The summed E-state index contributed by atoms with van der Waals surface area (Å²) < 4.78 is 0. The fourth-order valence-corrected chi connectivity index (χ4v) is 4.60. The van der Waals surface area contributed by atoms with Crippen LogP contribution in [0, 0.1) is 0 Å². The lowest BCUT2D eigenvalue weighted by atomic mass is 10.0. The number of quaternary nitrogens is 1. The fraction of sp³-hybridized carbons (Fsp3) is 0.208. The largest absolute Gasteiger partial charge is 0.322 e. The normalized spacial score (nSPS) is 17.1. The molecule has 1 N–H and O–H groups in total. The topological polar surface area (TPSA) is 20.0 Å². The van der Waals surface area contributed by atoms with E-state index in [-0.39, 0.29) is 0 Å². The van der Waals surface area contributed by atoms with Crippen LogP contribution in [0.1, 0.15) is 22.7 Å². The number of halogens is 1. The highest BCUT2D eigenvalue weighted by Gasteiger charge is 2.37. The summed E-state index contributed by atoms with van der Waals surface area (Å²) in [6.45, 7) is 4.12. The molecule has 3 aromatic carbocycles. The molecule has 28 heavy (non-hydrogen) atoms. The number of hydrogen-bond acceptors (Lipinski definition) is 2. The van der Waals surface area contributed by atoms with Gasteiger partial charge in [-0.05, 0) is 28.8 Å². The summed E-state index contributed by atoms with van der Waals surface area (Å²) in [5.74, 6) is 0. The lowest BCUT2D eigenvalue weighted by Gasteiger charge is -2.34. The van der Waals surface area contributed by atoms with E-state index in [0.29, 0.717) is 6.04 Å². The van der Waals surface area contributed by atoms with Crippen molar-refractivity contribution in [3.8, 4) is 11.1 Å². The molecule has 0 unspecified atom stereocenters. The van der Waals surface area contributed by atoms with Gasteiger partial charge in [0, 0.05) is 16.1 Å². The fourth-order valence-electron chi connectivity index (χ4n) is 4.48. The maximum atomic E-state index is 5.95. The number of nitrogens with zero attached hydrogens (tertiary/aromatic N) is 2. The van der Waals surface area contributed by atoms with E-state index in [1.807, 2.05) is 30.5 Å². The molecule has 0 atom stereocenters. The van der Waals surface area contributed by atoms with Crippen molar-refractivity contribution in [2.75, 3.05) is 26.2 Å². The van der Waals surface area contributed by atoms with Gasteiger partial charge in [0.05, 0.1) is 32.4 Å². The first-order valence-electron chi connectivity index (χ1n) is 9.87. The van der Waals surface area contributed by atoms with Crippen molar-refractivity contribution in [3.05, 3.63) is 94.5 Å². The van der Waals surface area contributed by atoms with Crippen LogP contribution in [-0.2, 0) is 0 Å². The van der Waals surface area contributed by atoms with Crippen LogP contribution in [0.15, 0.2) is 77.9 Å². The quantitative estimate of drug-likeness (QED) is 0.679. The molecule has 1 saturated heterocycles. The maximum absolute atomic E-state index is 5.95. The van der Waals surface area contributed by atoms with Gasteiger partial charge in [-0.3, -0.25) is 5.01 Å². The molecule has 0 amide bonds. The molecule has 0 bridgehead atoms. The van der Waals surface area contributed by atoms with Gasteiger partial charge in [-0.25, -0.2) is 0 Å². The molecule has 0 radical (unpaired) electrons.